The molecule has 0 radical (unpaired) electrons. The second-order valence-corrected chi connectivity index (χ2v) is 4.66. The van der Waals surface area contributed by atoms with E-state index in [4.69, 9.17) is 5.73 Å². The monoisotopic (exact) mass is 240 g/mol. The molecule has 0 heterocycles. The first-order chi connectivity index (χ1) is 8.70. The van der Waals surface area contributed by atoms with Gasteiger partial charge in [-0.05, 0) is 35.7 Å². The molecular weight excluding hydrogens is 220 g/mol. The van der Waals surface area contributed by atoms with E-state index in [1.807, 2.05) is 0 Å². The van der Waals surface area contributed by atoms with Crippen LogP contribution >= 0.6 is 0 Å². The van der Waals surface area contributed by atoms with Crippen molar-refractivity contribution in [3.63, 3.8) is 0 Å². The third kappa shape index (κ3) is 2.90. The van der Waals surface area contributed by atoms with E-state index in [0.29, 0.717) is 6.54 Å². The van der Waals surface area contributed by atoms with Gasteiger partial charge in [-0.3, -0.25) is 0 Å². The third-order valence-corrected chi connectivity index (χ3v) is 3.26. The van der Waals surface area contributed by atoms with E-state index < -0.39 is 0 Å². The average Bonchev–Trinajstić information content (AvgIpc) is 2.41. The summed E-state index contributed by atoms with van der Waals surface area (Å²) in [6.07, 6.45) is 0. The van der Waals surface area contributed by atoms with Crippen molar-refractivity contribution in [1.29, 1.82) is 0 Å². The normalized spacial score (nSPS) is 10.4. The summed E-state index contributed by atoms with van der Waals surface area (Å²) in [4.78, 5) is 2.25. The molecule has 2 aromatic carbocycles. The molecule has 2 heteroatoms. The number of hydrogen-bond donors (Lipinski definition) is 1. The fourth-order valence-electron chi connectivity index (χ4n) is 2.06. The van der Waals surface area contributed by atoms with Gasteiger partial charge in [0.15, 0.2) is 0 Å². The minimum absolute atomic E-state index is 0.589. The van der Waals surface area contributed by atoms with Crippen LogP contribution in [0.3, 0.4) is 0 Å². The van der Waals surface area contributed by atoms with Crippen molar-refractivity contribution in [2.45, 2.75) is 20.0 Å². The Morgan fingerprint density at radius 1 is 1.06 bits per heavy atom. The number of nitrogens with two attached hydrogens (primary N) is 1. The summed E-state index contributed by atoms with van der Waals surface area (Å²) in [6.45, 7) is 3.66. The molecule has 2 nitrogen and oxygen atoms in total. The van der Waals surface area contributed by atoms with Crippen molar-refractivity contribution in [3.05, 3.63) is 65.2 Å². The van der Waals surface area contributed by atoms with Gasteiger partial charge in [0.25, 0.3) is 0 Å². The first-order valence-electron chi connectivity index (χ1n) is 6.25. The standard InChI is InChI=1S/C16H20N2/c1-13-6-3-4-8-15(13)12-18(2)16-9-5-7-14(10-16)11-17/h3-10H,11-12,17H2,1-2H3. The van der Waals surface area contributed by atoms with Gasteiger partial charge in [0.1, 0.15) is 0 Å². The molecule has 2 rings (SSSR count). The van der Waals surface area contributed by atoms with E-state index in [-0.39, 0.29) is 0 Å². The second-order valence-electron chi connectivity index (χ2n) is 4.66. The Morgan fingerprint density at radius 3 is 2.56 bits per heavy atom. The van der Waals surface area contributed by atoms with E-state index in [1.54, 1.807) is 0 Å². The highest BCUT2D eigenvalue weighted by molar-refractivity contribution is 5.48. The molecule has 2 N–H and O–H groups in total. The molecule has 94 valence electrons. The lowest BCUT2D eigenvalue weighted by atomic mass is 10.1. The van der Waals surface area contributed by atoms with Gasteiger partial charge in [0, 0.05) is 25.8 Å². The Labute approximate surface area is 109 Å². The summed E-state index contributed by atoms with van der Waals surface area (Å²) in [7, 11) is 2.11. The van der Waals surface area contributed by atoms with E-state index in [0.717, 1.165) is 6.54 Å². The van der Waals surface area contributed by atoms with Crippen LogP contribution in [0, 0.1) is 6.92 Å². The van der Waals surface area contributed by atoms with Gasteiger partial charge < -0.3 is 10.6 Å². The topological polar surface area (TPSA) is 29.3 Å². The summed E-state index contributed by atoms with van der Waals surface area (Å²) in [5.74, 6) is 0. The highest BCUT2D eigenvalue weighted by Gasteiger charge is 2.04. The molecule has 0 spiro atoms. The smallest absolute Gasteiger partial charge is 0.0428 e. The number of benzene rings is 2. The van der Waals surface area contributed by atoms with Gasteiger partial charge in [-0.1, -0.05) is 36.4 Å². The molecule has 18 heavy (non-hydrogen) atoms. The Morgan fingerprint density at radius 2 is 1.83 bits per heavy atom. The van der Waals surface area contributed by atoms with Crippen molar-refractivity contribution < 1.29 is 0 Å². The van der Waals surface area contributed by atoms with Gasteiger partial charge in [0.2, 0.25) is 0 Å². The Kier molecular flexibility index (Phi) is 4.00. The van der Waals surface area contributed by atoms with Crippen molar-refractivity contribution >= 4 is 5.69 Å². The van der Waals surface area contributed by atoms with Crippen LogP contribution in [0.4, 0.5) is 5.69 Å². The van der Waals surface area contributed by atoms with Gasteiger partial charge in [-0.2, -0.15) is 0 Å². The van der Waals surface area contributed by atoms with Crippen LogP contribution < -0.4 is 10.6 Å². The Hall–Kier alpha value is -1.80. The SMILES string of the molecule is Cc1ccccc1CN(C)c1cccc(CN)c1. The van der Waals surface area contributed by atoms with Crippen LogP contribution in [-0.4, -0.2) is 7.05 Å². The van der Waals surface area contributed by atoms with E-state index in [1.165, 1.54) is 22.4 Å². The van der Waals surface area contributed by atoms with Crippen LogP contribution in [-0.2, 0) is 13.1 Å². The van der Waals surface area contributed by atoms with E-state index in [9.17, 15) is 0 Å². The molecule has 0 aliphatic heterocycles. The molecule has 0 atom stereocenters. The maximum absolute atomic E-state index is 5.68. The minimum atomic E-state index is 0.589. The molecule has 0 bridgehead atoms. The van der Waals surface area contributed by atoms with Crippen LogP contribution in [0.15, 0.2) is 48.5 Å². The first kappa shape index (κ1) is 12.7. The molecule has 0 aliphatic carbocycles. The molecule has 0 saturated heterocycles. The lowest BCUT2D eigenvalue weighted by Gasteiger charge is -2.21. The molecule has 0 fully saturated rings. The predicted octanol–water partition coefficient (Wildman–Crippen LogP) is 3.09. The zero-order valence-corrected chi connectivity index (χ0v) is 11.1. The van der Waals surface area contributed by atoms with Gasteiger partial charge in [0.05, 0.1) is 0 Å². The van der Waals surface area contributed by atoms with Crippen LogP contribution in [0.5, 0.6) is 0 Å². The lowest BCUT2D eigenvalue weighted by Crippen LogP contribution is -2.17. The number of nitrogens with zero attached hydrogens (tertiary/aromatic N) is 1. The predicted molar refractivity (Wildman–Crippen MR) is 77.6 cm³/mol. The maximum Gasteiger partial charge on any atom is 0.0428 e. The van der Waals surface area contributed by atoms with Crippen LogP contribution in [0.2, 0.25) is 0 Å². The van der Waals surface area contributed by atoms with Crippen molar-refractivity contribution in [2.24, 2.45) is 5.73 Å². The van der Waals surface area contributed by atoms with E-state index >= 15 is 0 Å². The number of aryl methyl sites for hydroxylation is 1. The molecule has 0 aliphatic rings. The molecule has 2 aromatic rings. The summed E-state index contributed by atoms with van der Waals surface area (Å²) in [5.41, 5.74) is 10.7. The first-order valence-corrected chi connectivity index (χ1v) is 6.25. The molecule has 0 aromatic heterocycles. The van der Waals surface area contributed by atoms with Crippen molar-refractivity contribution in [1.82, 2.24) is 0 Å². The highest BCUT2D eigenvalue weighted by atomic mass is 15.1. The summed E-state index contributed by atoms with van der Waals surface area (Å²) >= 11 is 0. The number of hydrogen-bond acceptors (Lipinski definition) is 2. The molecule has 0 saturated carbocycles. The third-order valence-electron chi connectivity index (χ3n) is 3.26. The highest BCUT2D eigenvalue weighted by Crippen LogP contribution is 2.18. The molecule has 0 unspecified atom stereocenters. The lowest BCUT2D eigenvalue weighted by molar-refractivity contribution is 0.911. The fourth-order valence-corrected chi connectivity index (χ4v) is 2.06. The summed E-state index contributed by atoms with van der Waals surface area (Å²) < 4.78 is 0. The summed E-state index contributed by atoms with van der Waals surface area (Å²) in [6, 6.07) is 16.9. The Bertz CT molecular complexity index is 520. The molecular formula is C16H20N2. The van der Waals surface area contributed by atoms with Crippen LogP contribution in [0.1, 0.15) is 16.7 Å². The fraction of sp³-hybridized carbons (Fsp3) is 0.250. The molecule has 0 amide bonds. The average molecular weight is 240 g/mol. The van der Waals surface area contributed by atoms with Gasteiger partial charge in [-0.15, -0.1) is 0 Å². The van der Waals surface area contributed by atoms with Crippen molar-refractivity contribution in [2.75, 3.05) is 11.9 Å². The van der Waals surface area contributed by atoms with Gasteiger partial charge >= 0.3 is 0 Å². The zero-order valence-electron chi connectivity index (χ0n) is 11.1. The second kappa shape index (κ2) is 5.69. The minimum Gasteiger partial charge on any atom is -0.370 e. The zero-order chi connectivity index (χ0) is 13.0. The quantitative estimate of drug-likeness (QED) is 0.889. The summed E-state index contributed by atoms with van der Waals surface area (Å²) in [5, 5.41) is 0. The van der Waals surface area contributed by atoms with Gasteiger partial charge in [-0.25, -0.2) is 0 Å². The van der Waals surface area contributed by atoms with Crippen LogP contribution in [0.25, 0.3) is 0 Å². The van der Waals surface area contributed by atoms with E-state index in [2.05, 4.69) is 67.4 Å². The van der Waals surface area contributed by atoms with Crippen molar-refractivity contribution in [3.8, 4) is 0 Å². The largest absolute Gasteiger partial charge is 0.370 e. The Balaban J connectivity index is 2.16. The maximum atomic E-state index is 5.68. The number of anilines is 1. The number of rotatable bonds is 4.